The van der Waals surface area contributed by atoms with Crippen molar-refractivity contribution in [3.8, 4) is 11.4 Å². The summed E-state index contributed by atoms with van der Waals surface area (Å²) >= 11 is 6.41. The topological polar surface area (TPSA) is 86.5 Å². The smallest absolute Gasteiger partial charge is 0.452 e. The van der Waals surface area contributed by atoms with Crippen LogP contribution in [-0.2, 0) is 15.7 Å². The van der Waals surface area contributed by atoms with Crippen LogP contribution in [0.3, 0.4) is 0 Å². The lowest BCUT2D eigenvalue weighted by Crippen LogP contribution is -2.17. The summed E-state index contributed by atoms with van der Waals surface area (Å²) in [5, 5.41) is 16.2. The van der Waals surface area contributed by atoms with Gasteiger partial charge in [-0.3, -0.25) is 9.36 Å². The molecule has 12 heteroatoms. The van der Waals surface area contributed by atoms with Gasteiger partial charge in [-0.25, -0.2) is 4.39 Å². The van der Waals surface area contributed by atoms with Crippen LogP contribution in [0.25, 0.3) is 5.69 Å². The summed E-state index contributed by atoms with van der Waals surface area (Å²) in [5.74, 6) is -3.60. The lowest BCUT2D eigenvalue weighted by atomic mass is 9.99. The van der Waals surface area contributed by atoms with Crippen molar-refractivity contribution in [1.82, 2.24) is 14.8 Å². The molecule has 0 radical (unpaired) electrons. The molecule has 168 valence electrons. The van der Waals surface area contributed by atoms with E-state index in [1.807, 2.05) is 0 Å². The first-order valence-electron chi connectivity index (χ1n) is 9.13. The number of hydrogen-bond acceptors (Lipinski definition) is 5. The van der Waals surface area contributed by atoms with Crippen molar-refractivity contribution in [1.29, 1.82) is 0 Å². The number of rotatable bonds is 4. The third kappa shape index (κ3) is 3.78. The third-order valence-electron chi connectivity index (χ3n) is 4.90. The monoisotopic (exact) mass is 471 g/mol. The highest BCUT2D eigenvalue weighted by molar-refractivity contribution is 6.32. The zero-order valence-corrected chi connectivity index (χ0v) is 17.0. The number of aromatic nitrogens is 3. The Labute approximate surface area is 183 Å². The van der Waals surface area contributed by atoms with Crippen LogP contribution in [0.15, 0.2) is 36.4 Å². The molecule has 7 nitrogen and oxygen atoms in total. The van der Waals surface area contributed by atoms with Crippen LogP contribution < -0.4 is 4.74 Å². The van der Waals surface area contributed by atoms with Gasteiger partial charge in [-0.15, -0.1) is 10.2 Å². The quantitative estimate of drug-likeness (QED) is 0.554. The van der Waals surface area contributed by atoms with E-state index in [4.69, 9.17) is 21.1 Å². The number of aliphatic carboxylic acids is 1. The fourth-order valence-electron chi connectivity index (χ4n) is 3.59. The Morgan fingerprint density at radius 3 is 2.66 bits per heavy atom. The number of ether oxygens (including phenoxy) is 2. The number of carboxylic acid groups (broad SMARTS) is 1. The summed E-state index contributed by atoms with van der Waals surface area (Å²) in [6, 6.07) is 7.76. The van der Waals surface area contributed by atoms with E-state index in [1.54, 1.807) is 12.1 Å². The summed E-state index contributed by atoms with van der Waals surface area (Å²) < 4.78 is 67.1. The van der Waals surface area contributed by atoms with Gasteiger partial charge < -0.3 is 14.6 Å². The first kappa shape index (κ1) is 22.0. The minimum Gasteiger partial charge on any atom is -0.495 e. The molecule has 0 bridgehead atoms. The van der Waals surface area contributed by atoms with Gasteiger partial charge in [-0.05, 0) is 24.3 Å². The van der Waals surface area contributed by atoms with Crippen molar-refractivity contribution in [2.75, 3.05) is 7.11 Å². The van der Waals surface area contributed by atoms with Gasteiger partial charge in [0.25, 0.3) is 0 Å². The first-order valence-corrected chi connectivity index (χ1v) is 9.51. The van der Waals surface area contributed by atoms with E-state index in [0.717, 1.165) is 18.2 Å². The van der Waals surface area contributed by atoms with E-state index in [0.29, 0.717) is 4.57 Å². The minimum atomic E-state index is -4.92. The maximum absolute atomic E-state index is 14.2. The maximum atomic E-state index is 14.2. The molecule has 1 aromatic heterocycles. The number of halogens is 5. The molecule has 0 aliphatic carbocycles. The van der Waals surface area contributed by atoms with E-state index >= 15 is 0 Å². The molecule has 1 aliphatic heterocycles. The molecule has 32 heavy (non-hydrogen) atoms. The third-order valence-corrected chi connectivity index (χ3v) is 5.30. The van der Waals surface area contributed by atoms with Crippen LogP contribution in [0.5, 0.6) is 5.75 Å². The molecule has 2 aromatic carbocycles. The summed E-state index contributed by atoms with van der Waals surface area (Å²) in [4.78, 5) is 11.5. The second-order valence-electron chi connectivity index (χ2n) is 6.88. The van der Waals surface area contributed by atoms with E-state index in [-0.39, 0.29) is 33.4 Å². The summed E-state index contributed by atoms with van der Waals surface area (Å²) in [5.41, 5.74) is 0.121. The molecule has 0 unspecified atom stereocenters. The Morgan fingerprint density at radius 1 is 1.25 bits per heavy atom. The minimum absolute atomic E-state index is 0.0143. The Balaban J connectivity index is 2.03. The summed E-state index contributed by atoms with van der Waals surface area (Å²) in [7, 11) is 1.37. The average molecular weight is 472 g/mol. The van der Waals surface area contributed by atoms with Gasteiger partial charge in [0.15, 0.2) is 5.82 Å². The van der Waals surface area contributed by atoms with Gasteiger partial charge >= 0.3 is 12.1 Å². The van der Waals surface area contributed by atoms with E-state index < -0.39 is 42.4 Å². The van der Waals surface area contributed by atoms with Crippen LogP contribution >= 0.6 is 11.6 Å². The average Bonchev–Trinajstić information content (AvgIpc) is 3.12. The van der Waals surface area contributed by atoms with Crippen molar-refractivity contribution in [2.45, 2.75) is 24.8 Å². The predicted octanol–water partition coefficient (Wildman–Crippen LogP) is 4.72. The number of fused-ring (bicyclic) bond motifs is 3. The van der Waals surface area contributed by atoms with Crippen molar-refractivity contribution >= 4 is 17.6 Å². The van der Waals surface area contributed by atoms with Crippen LogP contribution in [0.4, 0.5) is 17.6 Å². The zero-order valence-electron chi connectivity index (χ0n) is 16.2. The zero-order chi connectivity index (χ0) is 23.2. The van der Waals surface area contributed by atoms with Gasteiger partial charge in [-0.2, -0.15) is 13.2 Å². The van der Waals surface area contributed by atoms with E-state index in [9.17, 15) is 27.5 Å². The maximum Gasteiger partial charge on any atom is 0.452 e. The van der Waals surface area contributed by atoms with Gasteiger partial charge in [-0.1, -0.05) is 23.7 Å². The molecule has 1 N–H and O–H groups in total. The molecule has 0 amide bonds. The molecular weight excluding hydrogens is 458 g/mol. The van der Waals surface area contributed by atoms with Crippen LogP contribution in [-0.4, -0.2) is 33.0 Å². The SMILES string of the molecule is COc1cccc([C@@H]2O[C@@H](CC(=O)O)c3nnc(C(F)(F)F)n3-c3ccc(F)cc32)c1Cl. The molecule has 3 aromatic rings. The fourth-order valence-corrected chi connectivity index (χ4v) is 3.89. The number of carbonyl (C=O) groups is 1. The lowest BCUT2D eigenvalue weighted by Gasteiger charge is -2.23. The molecule has 0 spiro atoms. The number of nitrogens with zero attached hydrogens (tertiary/aromatic N) is 3. The van der Waals surface area contributed by atoms with Gasteiger partial charge in [0.05, 0.1) is 24.2 Å². The van der Waals surface area contributed by atoms with Gasteiger partial charge in [0.2, 0.25) is 5.82 Å². The Hall–Kier alpha value is -3.18. The molecular formula is C20H14ClF4N3O4. The van der Waals surface area contributed by atoms with Gasteiger partial charge in [0.1, 0.15) is 23.8 Å². The van der Waals surface area contributed by atoms with Gasteiger partial charge in [0, 0.05) is 11.1 Å². The predicted molar refractivity (Wildman–Crippen MR) is 102 cm³/mol. The van der Waals surface area contributed by atoms with Crippen molar-refractivity contribution in [3.05, 3.63) is 70.0 Å². The Kier molecular flexibility index (Phi) is 5.55. The Morgan fingerprint density at radius 2 is 2.00 bits per heavy atom. The van der Waals surface area contributed by atoms with Crippen LogP contribution in [0.1, 0.15) is 41.4 Å². The number of methoxy groups -OCH3 is 1. The van der Waals surface area contributed by atoms with Crippen molar-refractivity contribution in [2.24, 2.45) is 0 Å². The van der Waals surface area contributed by atoms with Crippen molar-refractivity contribution < 1.29 is 36.9 Å². The molecule has 4 rings (SSSR count). The number of carboxylic acids is 1. The molecule has 2 heterocycles. The molecule has 2 atom stereocenters. The summed E-state index contributed by atoms with van der Waals surface area (Å²) in [6.45, 7) is 0. The van der Waals surface area contributed by atoms with Crippen LogP contribution in [0, 0.1) is 5.82 Å². The van der Waals surface area contributed by atoms with E-state index in [2.05, 4.69) is 10.2 Å². The molecule has 0 saturated carbocycles. The van der Waals surface area contributed by atoms with E-state index in [1.165, 1.54) is 13.2 Å². The second-order valence-corrected chi connectivity index (χ2v) is 7.26. The molecule has 1 aliphatic rings. The summed E-state index contributed by atoms with van der Waals surface area (Å²) in [6.07, 6.45) is -8.31. The number of benzene rings is 2. The van der Waals surface area contributed by atoms with Crippen LogP contribution in [0.2, 0.25) is 5.02 Å². The highest BCUT2D eigenvalue weighted by Gasteiger charge is 2.43. The first-order chi connectivity index (χ1) is 15.1. The van der Waals surface area contributed by atoms with Crippen molar-refractivity contribution in [3.63, 3.8) is 0 Å². The standard InChI is InChI=1S/C20H14ClF4N3O4/c1-31-13-4-2-3-10(16(13)21)17-11-7-9(22)5-6-12(11)28-18(14(32-17)8-15(29)30)26-27-19(28)20(23,24)25/h2-7,14,17H,8H2,1H3,(H,29,30)/t14-,17-/m0/s1. The largest absolute Gasteiger partial charge is 0.495 e. The second kappa shape index (κ2) is 8.06. The Bertz CT molecular complexity index is 1200. The molecule has 0 saturated heterocycles. The lowest BCUT2D eigenvalue weighted by molar-refractivity contribution is -0.146. The number of hydrogen-bond donors (Lipinski definition) is 1. The fraction of sp³-hybridized carbons (Fsp3) is 0.250. The highest BCUT2D eigenvalue weighted by atomic mass is 35.5. The number of alkyl halides is 3. The highest BCUT2D eigenvalue weighted by Crippen LogP contribution is 2.45. The molecule has 0 fully saturated rings. The normalized spacial score (nSPS) is 17.9.